The predicted molar refractivity (Wildman–Crippen MR) is 113 cm³/mol. The summed E-state index contributed by atoms with van der Waals surface area (Å²) in [6, 6.07) is 10.9. The van der Waals surface area contributed by atoms with Crippen molar-refractivity contribution in [1.82, 2.24) is 10.3 Å². The van der Waals surface area contributed by atoms with E-state index in [1.165, 1.54) is 12.1 Å². The molecule has 1 atom stereocenters. The summed E-state index contributed by atoms with van der Waals surface area (Å²) in [6.45, 7) is 3.26. The smallest absolute Gasteiger partial charge is 0.398 e. The normalized spacial score (nSPS) is 12.5. The summed E-state index contributed by atoms with van der Waals surface area (Å²) in [5, 5.41) is 11.9. The second kappa shape index (κ2) is 8.77. The molecule has 162 valence electrons. The number of carbonyl (C=O) groups excluding carboxylic acids is 1. The van der Waals surface area contributed by atoms with Crippen LogP contribution in [0, 0.1) is 6.92 Å². The number of hydrogen-bond donors (Lipinski definition) is 3. The van der Waals surface area contributed by atoms with Crippen LogP contribution in [0.1, 0.15) is 28.4 Å². The SMILES string of the molecule is Cc1ccc(-c2cc(C(=O)N[C@@H](C)CO)cc(-c3cc(C(F)(F)F)ccc3N)c2)nc1. The number of aromatic nitrogens is 1. The number of alkyl halides is 3. The van der Waals surface area contributed by atoms with Crippen molar-refractivity contribution >= 4 is 11.6 Å². The van der Waals surface area contributed by atoms with E-state index in [-0.39, 0.29) is 23.4 Å². The molecule has 8 heteroatoms. The minimum Gasteiger partial charge on any atom is -0.398 e. The van der Waals surface area contributed by atoms with Crippen LogP contribution >= 0.6 is 0 Å². The molecule has 0 radical (unpaired) electrons. The van der Waals surface area contributed by atoms with E-state index in [0.717, 1.165) is 17.7 Å². The Labute approximate surface area is 177 Å². The van der Waals surface area contributed by atoms with Gasteiger partial charge in [-0.05, 0) is 67.4 Å². The van der Waals surface area contributed by atoms with Crippen LogP contribution < -0.4 is 11.1 Å². The van der Waals surface area contributed by atoms with Crippen LogP contribution in [0.15, 0.2) is 54.7 Å². The first kappa shape index (κ1) is 22.3. The Bertz CT molecular complexity index is 1100. The molecule has 4 N–H and O–H groups in total. The fourth-order valence-corrected chi connectivity index (χ4v) is 3.04. The van der Waals surface area contributed by atoms with E-state index < -0.39 is 23.7 Å². The zero-order valence-corrected chi connectivity index (χ0v) is 17.0. The summed E-state index contributed by atoms with van der Waals surface area (Å²) >= 11 is 0. The number of rotatable bonds is 5. The predicted octanol–water partition coefficient (Wildman–Crippen LogP) is 4.44. The van der Waals surface area contributed by atoms with Crippen molar-refractivity contribution in [3.8, 4) is 22.4 Å². The van der Waals surface area contributed by atoms with Gasteiger partial charge < -0.3 is 16.2 Å². The molecule has 0 aliphatic carbocycles. The fourth-order valence-electron chi connectivity index (χ4n) is 3.04. The number of nitrogen functional groups attached to an aromatic ring is 1. The highest BCUT2D eigenvalue weighted by Gasteiger charge is 2.31. The van der Waals surface area contributed by atoms with E-state index in [0.29, 0.717) is 16.8 Å². The molecule has 0 fully saturated rings. The number of carbonyl (C=O) groups is 1. The maximum absolute atomic E-state index is 13.2. The topological polar surface area (TPSA) is 88.2 Å². The number of nitrogens with zero attached hydrogens (tertiary/aromatic N) is 1. The maximum atomic E-state index is 13.2. The summed E-state index contributed by atoms with van der Waals surface area (Å²) in [4.78, 5) is 17.0. The molecular formula is C23H22F3N3O2. The van der Waals surface area contributed by atoms with Crippen LogP contribution in [-0.2, 0) is 6.18 Å². The van der Waals surface area contributed by atoms with E-state index >= 15 is 0 Å². The highest BCUT2D eigenvalue weighted by atomic mass is 19.4. The highest BCUT2D eigenvalue weighted by Crippen LogP contribution is 2.36. The first-order valence-electron chi connectivity index (χ1n) is 9.55. The molecule has 3 rings (SSSR count). The van der Waals surface area contributed by atoms with Gasteiger partial charge in [-0.1, -0.05) is 6.07 Å². The number of pyridine rings is 1. The van der Waals surface area contributed by atoms with Gasteiger partial charge in [-0.2, -0.15) is 13.2 Å². The lowest BCUT2D eigenvalue weighted by molar-refractivity contribution is -0.137. The van der Waals surface area contributed by atoms with Crippen LogP contribution in [-0.4, -0.2) is 28.6 Å². The lowest BCUT2D eigenvalue weighted by Gasteiger charge is -2.15. The molecule has 0 saturated heterocycles. The van der Waals surface area contributed by atoms with Gasteiger partial charge in [0.25, 0.3) is 5.91 Å². The molecule has 2 aromatic carbocycles. The summed E-state index contributed by atoms with van der Waals surface area (Å²) in [5.41, 5.74) is 8.08. The Morgan fingerprint density at radius 1 is 1.13 bits per heavy atom. The van der Waals surface area contributed by atoms with Crippen LogP contribution in [0.3, 0.4) is 0 Å². The molecule has 0 bridgehead atoms. The van der Waals surface area contributed by atoms with E-state index in [2.05, 4.69) is 10.3 Å². The Hall–Kier alpha value is -3.39. The minimum atomic E-state index is -4.53. The second-order valence-corrected chi connectivity index (χ2v) is 7.38. The number of nitrogens with two attached hydrogens (primary N) is 1. The van der Waals surface area contributed by atoms with Gasteiger partial charge in [0.15, 0.2) is 0 Å². The quantitative estimate of drug-likeness (QED) is 0.524. The van der Waals surface area contributed by atoms with Gasteiger partial charge in [-0.3, -0.25) is 9.78 Å². The second-order valence-electron chi connectivity index (χ2n) is 7.38. The molecular weight excluding hydrogens is 407 g/mol. The van der Waals surface area contributed by atoms with Gasteiger partial charge in [0.05, 0.1) is 17.9 Å². The summed E-state index contributed by atoms with van der Waals surface area (Å²) < 4.78 is 39.7. The molecule has 3 aromatic rings. The molecule has 1 aromatic heterocycles. The molecule has 1 amide bonds. The fraction of sp³-hybridized carbons (Fsp3) is 0.217. The number of amides is 1. The third-order valence-electron chi connectivity index (χ3n) is 4.75. The molecule has 0 saturated carbocycles. The van der Waals surface area contributed by atoms with E-state index in [9.17, 15) is 23.1 Å². The first-order valence-corrected chi connectivity index (χ1v) is 9.55. The number of aryl methyl sites for hydroxylation is 1. The Morgan fingerprint density at radius 2 is 1.84 bits per heavy atom. The number of nitrogens with one attached hydrogen (secondary N) is 1. The van der Waals surface area contributed by atoms with Crippen molar-refractivity contribution in [2.24, 2.45) is 0 Å². The maximum Gasteiger partial charge on any atom is 0.416 e. The minimum absolute atomic E-state index is 0.150. The third kappa shape index (κ3) is 5.21. The van der Waals surface area contributed by atoms with Crippen molar-refractivity contribution in [2.45, 2.75) is 26.1 Å². The van der Waals surface area contributed by atoms with Gasteiger partial charge in [0.1, 0.15) is 0 Å². The zero-order chi connectivity index (χ0) is 22.8. The van der Waals surface area contributed by atoms with Gasteiger partial charge in [-0.15, -0.1) is 0 Å². The highest BCUT2D eigenvalue weighted by molar-refractivity contribution is 5.98. The number of anilines is 1. The Morgan fingerprint density at radius 3 is 2.45 bits per heavy atom. The first-order chi connectivity index (χ1) is 14.6. The summed E-state index contributed by atoms with van der Waals surface area (Å²) in [5.74, 6) is -0.470. The van der Waals surface area contributed by atoms with Gasteiger partial charge in [-0.25, -0.2) is 0 Å². The van der Waals surface area contributed by atoms with Crippen molar-refractivity contribution in [3.63, 3.8) is 0 Å². The summed E-state index contributed by atoms with van der Waals surface area (Å²) in [6.07, 6.45) is -2.87. The Balaban J connectivity index is 2.18. The van der Waals surface area contributed by atoms with Gasteiger partial charge in [0, 0.05) is 34.6 Å². The van der Waals surface area contributed by atoms with Crippen LogP contribution in [0.25, 0.3) is 22.4 Å². The Kier molecular flexibility index (Phi) is 6.31. The largest absolute Gasteiger partial charge is 0.416 e. The zero-order valence-electron chi connectivity index (χ0n) is 17.0. The molecule has 5 nitrogen and oxygen atoms in total. The summed E-state index contributed by atoms with van der Waals surface area (Å²) in [7, 11) is 0. The van der Waals surface area contributed by atoms with Crippen LogP contribution in [0.2, 0.25) is 0 Å². The molecule has 31 heavy (non-hydrogen) atoms. The van der Waals surface area contributed by atoms with Crippen molar-refractivity contribution < 1.29 is 23.1 Å². The number of aliphatic hydroxyl groups is 1. The average molecular weight is 429 g/mol. The van der Waals surface area contributed by atoms with Crippen LogP contribution in [0.4, 0.5) is 18.9 Å². The molecule has 0 spiro atoms. The molecule has 0 aliphatic heterocycles. The van der Waals surface area contributed by atoms with E-state index in [1.807, 2.05) is 13.0 Å². The van der Waals surface area contributed by atoms with E-state index in [1.54, 1.807) is 31.3 Å². The van der Waals surface area contributed by atoms with Crippen molar-refractivity contribution in [3.05, 3.63) is 71.4 Å². The lowest BCUT2D eigenvalue weighted by atomic mass is 9.95. The van der Waals surface area contributed by atoms with Crippen LogP contribution in [0.5, 0.6) is 0 Å². The van der Waals surface area contributed by atoms with Gasteiger partial charge >= 0.3 is 6.18 Å². The number of hydrogen-bond acceptors (Lipinski definition) is 4. The van der Waals surface area contributed by atoms with Gasteiger partial charge in [0.2, 0.25) is 0 Å². The monoisotopic (exact) mass is 429 g/mol. The van der Waals surface area contributed by atoms with Crippen molar-refractivity contribution in [1.29, 1.82) is 0 Å². The number of aliphatic hydroxyl groups excluding tert-OH is 1. The van der Waals surface area contributed by atoms with E-state index in [4.69, 9.17) is 5.73 Å². The molecule has 0 aliphatic rings. The average Bonchev–Trinajstić information content (AvgIpc) is 2.73. The molecule has 1 heterocycles. The van der Waals surface area contributed by atoms with Crippen molar-refractivity contribution in [2.75, 3.05) is 12.3 Å². The number of benzene rings is 2. The number of halogens is 3. The lowest BCUT2D eigenvalue weighted by Crippen LogP contribution is -2.35. The standard InChI is InChI=1S/C23H22F3N3O2/c1-13-3-6-21(28-11-13)16-7-15(8-17(9-16)22(31)29-14(2)12-30)19-10-18(23(24,25)26)4-5-20(19)27/h3-11,14,30H,12,27H2,1-2H3,(H,29,31)/t14-/m0/s1. The molecule has 0 unspecified atom stereocenters. The third-order valence-corrected chi connectivity index (χ3v) is 4.75.